The Morgan fingerprint density at radius 3 is 2.54 bits per heavy atom. The summed E-state index contributed by atoms with van der Waals surface area (Å²) in [5, 5.41) is 4.22. The van der Waals surface area contributed by atoms with Crippen molar-refractivity contribution in [2.24, 2.45) is 0 Å². The Morgan fingerprint density at radius 2 is 1.88 bits per heavy atom. The van der Waals surface area contributed by atoms with Crippen molar-refractivity contribution < 1.29 is 4.74 Å². The zero-order chi connectivity index (χ0) is 18.4. The fourth-order valence-corrected chi connectivity index (χ4v) is 2.74. The Morgan fingerprint density at radius 1 is 1.15 bits per heavy atom. The van der Waals surface area contributed by atoms with Gasteiger partial charge in [0.1, 0.15) is 5.75 Å². The lowest BCUT2D eigenvalue weighted by molar-refractivity contribution is 0.454. The predicted octanol–water partition coefficient (Wildman–Crippen LogP) is 4.48. The summed E-state index contributed by atoms with van der Waals surface area (Å²) in [7, 11) is 0. The molecule has 134 valence electrons. The second-order valence-electron chi connectivity index (χ2n) is 5.17. The maximum absolute atomic E-state index is 5.86. The first kappa shape index (κ1) is 18.8. The van der Waals surface area contributed by atoms with Crippen LogP contribution in [0.4, 0.5) is 5.95 Å². The Hall–Kier alpha value is -2.03. The Labute approximate surface area is 166 Å². The highest BCUT2D eigenvalue weighted by Gasteiger charge is 2.07. The molecule has 9 heteroatoms. The van der Waals surface area contributed by atoms with E-state index in [-0.39, 0.29) is 0 Å². The zero-order valence-electron chi connectivity index (χ0n) is 13.9. The van der Waals surface area contributed by atoms with Crippen LogP contribution in [0.15, 0.2) is 47.9 Å². The molecule has 0 aliphatic rings. The molecule has 0 amide bonds. The number of rotatable bonds is 7. The zero-order valence-corrected chi connectivity index (χ0v) is 16.4. The number of halogens is 1. The molecule has 6 nitrogen and oxygen atoms in total. The number of nitrogens with one attached hydrogen (secondary N) is 1. The monoisotopic (exact) mass is 405 g/mol. The van der Waals surface area contributed by atoms with Gasteiger partial charge in [0.25, 0.3) is 0 Å². The maximum Gasteiger partial charge on any atom is 0.223 e. The van der Waals surface area contributed by atoms with Gasteiger partial charge in [0.2, 0.25) is 11.8 Å². The molecular weight excluding hydrogens is 390 g/mol. The average molecular weight is 406 g/mol. The van der Waals surface area contributed by atoms with Crippen LogP contribution in [0.1, 0.15) is 11.3 Å². The molecule has 3 rings (SSSR count). The lowest BCUT2D eigenvalue weighted by atomic mass is 10.2. The molecule has 1 N–H and O–H groups in total. The van der Waals surface area contributed by atoms with Crippen molar-refractivity contribution >= 4 is 41.9 Å². The first-order chi connectivity index (χ1) is 12.7. The van der Waals surface area contributed by atoms with Gasteiger partial charge in [-0.25, -0.2) is 15.0 Å². The fraction of sp³-hybridized carbons (Fsp3) is 0.176. The molecule has 0 unspecified atom stereocenters. The van der Waals surface area contributed by atoms with Crippen molar-refractivity contribution in [3.05, 3.63) is 59.0 Å². The van der Waals surface area contributed by atoms with Crippen LogP contribution in [0.5, 0.6) is 11.6 Å². The minimum absolute atomic E-state index is 0.437. The van der Waals surface area contributed by atoms with Gasteiger partial charge >= 0.3 is 0 Å². The molecule has 1 aromatic carbocycles. The topological polar surface area (TPSA) is 72.8 Å². The van der Waals surface area contributed by atoms with Gasteiger partial charge in [-0.15, -0.1) is 0 Å². The molecule has 0 aliphatic heterocycles. The van der Waals surface area contributed by atoms with Crippen molar-refractivity contribution in [1.82, 2.24) is 19.9 Å². The molecule has 0 saturated carbocycles. The molecule has 0 spiro atoms. The highest BCUT2D eigenvalue weighted by Crippen LogP contribution is 2.23. The van der Waals surface area contributed by atoms with Crippen LogP contribution < -0.4 is 10.1 Å². The second-order valence-corrected chi connectivity index (χ2v) is 6.69. The number of hydrogen-bond acceptors (Lipinski definition) is 8. The summed E-state index contributed by atoms with van der Waals surface area (Å²) in [4.78, 5) is 17.1. The van der Waals surface area contributed by atoms with Gasteiger partial charge in [-0.05, 0) is 24.0 Å². The van der Waals surface area contributed by atoms with Crippen molar-refractivity contribution in [1.29, 1.82) is 0 Å². The molecule has 0 atom stereocenters. The molecule has 2 heterocycles. The van der Waals surface area contributed by atoms with Crippen molar-refractivity contribution in [3.8, 4) is 11.6 Å². The Bertz CT molecular complexity index is 862. The van der Waals surface area contributed by atoms with Crippen LogP contribution in [-0.2, 0) is 12.3 Å². The summed E-state index contributed by atoms with van der Waals surface area (Å²) in [5.74, 6) is 2.36. The number of anilines is 1. The van der Waals surface area contributed by atoms with E-state index in [0.717, 1.165) is 11.3 Å². The summed E-state index contributed by atoms with van der Waals surface area (Å²) >= 11 is 11.5. The maximum atomic E-state index is 5.86. The summed E-state index contributed by atoms with van der Waals surface area (Å²) < 4.78 is 5.86. The van der Waals surface area contributed by atoms with Crippen molar-refractivity contribution in [2.45, 2.75) is 17.5 Å². The number of thiol groups is 1. The molecule has 2 aromatic heterocycles. The third kappa shape index (κ3) is 5.23. The first-order valence-electron chi connectivity index (χ1n) is 7.67. The molecular formula is C17H16ClN5OS2. The van der Waals surface area contributed by atoms with E-state index in [4.69, 9.17) is 16.3 Å². The average Bonchev–Trinajstić information content (AvgIpc) is 2.68. The van der Waals surface area contributed by atoms with Crippen LogP contribution in [-0.4, -0.2) is 26.2 Å². The van der Waals surface area contributed by atoms with Gasteiger partial charge in [-0.2, -0.15) is 17.6 Å². The van der Waals surface area contributed by atoms with E-state index in [1.54, 1.807) is 6.07 Å². The fourth-order valence-electron chi connectivity index (χ4n) is 2.04. The van der Waals surface area contributed by atoms with E-state index in [1.165, 1.54) is 24.2 Å². The predicted molar refractivity (Wildman–Crippen MR) is 107 cm³/mol. The van der Waals surface area contributed by atoms with E-state index in [2.05, 4.69) is 37.9 Å². The lowest BCUT2D eigenvalue weighted by Gasteiger charge is -2.09. The molecule has 0 fully saturated rings. The van der Waals surface area contributed by atoms with Gasteiger partial charge in [0.15, 0.2) is 5.16 Å². The van der Waals surface area contributed by atoms with Gasteiger partial charge < -0.3 is 10.1 Å². The number of ether oxygens (including phenoxy) is 1. The van der Waals surface area contributed by atoms with Gasteiger partial charge in [0, 0.05) is 11.8 Å². The quantitative estimate of drug-likeness (QED) is 0.341. The molecule has 26 heavy (non-hydrogen) atoms. The minimum Gasteiger partial charge on any atom is -0.439 e. The second kappa shape index (κ2) is 9.07. The third-order valence-electron chi connectivity index (χ3n) is 3.29. The van der Waals surface area contributed by atoms with Crippen LogP contribution in [0.3, 0.4) is 0 Å². The Kier molecular flexibility index (Phi) is 6.54. The Balaban J connectivity index is 1.73. The minimum atomic E-state index is 0.437. The summed E-state index contributed by atoms with van der Waals surface area (Å²) in [5.41, 5.74) is 1.89. The molecule has 0 saturated heterocycles. The molecule has 0 aliphatic carbocycles. The highest BCUT2D eigenvalue weighted by atomic mass is 35.5. The van der Waals surface area contributed by atoms with Crippen molar-refractivity contribution in [3.63, 3.8) is 0 Å². The number of hydrogen-bond donors (Lipinski definition) is 2. The smallest absolute Gasteiger partial charge is 0.223 e. The van der Waals surface area contributed by atoms with Crippen LogP contribution in [0.25, 0.3) is 0 Å². The van der Waals surface area contributed by atoms with Crippen LogP contribution in [0.2, 0.25) is 5.02 Å². The molecule has 3 aromatic rings. The number of nitrogens with zero attached hydrogens (tertiary/aromatic N) is 4. The lowest BCUT2D eigenvalue weighted by Crippen LogP contribution is -2.06. The van der Waals surface area contributed by atoms with Crippen molar-refractivity contribution in [2.75, 3.05) is 11.6 Å². The SMILES string of the molecule is CSc1nc(CNc2ncc(Cl)cn2)cc(Oc2ccc(CS)cc2)n1. The van der Waals surface area contributed by atoms with Gasteiger partial charge in [0.05, 0.1) is 29.7 Å². The summed E-state index contributed by atoms with van der Waals surface area (Å²) in [6.45, 7) is 0.437. The van der Waals surface area contributed by atoms with E-state index in [1.807, 2.05) is 30.5 Å². The summed E-state index contributed by atoms with van der Waals surface area (Å²) in [6.07, 6.45) is 4.99. The normalized spacial score (nSPS) is 10.6. The van der Waals surface area contributed by atoms with E-state index < -0.39 is 0 Å². The molecule has 0 bridgehead atoms. The number of thioether (sulfide) groups is 1. The first-order valence-corrected chi connectivity index (χ1v) is 9.91. The summed E-state index contributed by atoms with van der Waals surface area (Å²) in [6, 6.07) is 9.52. The standard InChI is InChI=1S/C17H16ClN5OS2/c1-26-17-22-13(9-21-16-19-7-12(18)8-20-16)6-15(23-17)24-14-4-2-11(10-25)3-5-14/h2-8,25H,9-10H2,1H3,(H,19,20,21). The number of benzene rings is 1. The number of aromatic nitrogens is 4. The van der Waals surface area contributed by atoms with Gasteiger partial charge in [-0.3, -0.25) is 0 Å². The van der Waals surface area contributed by atoms with E-state index >= 15 is 0 Å². The third-order valence-corrected chi connectivity index (χ3v) is 4.40. The van der Waals surface area contributed by atoms with E-state index in [9.17, 15) is 0 Å². The molecule has 0 radical (unpaired) electrons. The van der Waals surface area contributed by atoms with Gasteiger partial charge in [-0.1, -0.05) is 35.5 Å². The van der Waals surface area contributed by atoms with E-state index in [0.29, 0.717) is 40.1 Å². The van der Waals surface area contributed by atoms with Crippen LogP contribution in [0, 0.1) is 0 Å². The van der Waals surface area contributed by atoms with Crippen LogP contribution >= 0.6 is 36.0 Å². The largest absolute Gasteiger partial charge is 0.439 e. The highest BCUT2D eigenvalue weighted by molar-refractivity contribution is 7.98.